The number of aryl methyl sites for hydroxylation is 1. The van der Waals surface area contributed by atoms with E-state index < -0.39 is 17.8 Å². The molecule has 7 heteroatoms. The fraction of sp³-hybridized carbons (Fsp3) is 0.0345. The van der Waals surface area contributed by atoms with E-state index in [1.54, 1.807) is 24.3 Å². The van der Waals surface area contributed by atoms with Gasteiger partial charge in [-0.2, -0.15) is 0 Å². The van der Waals surface area contributed by atoms with Gasteiger partial charge >= 0.3 is 5.97 Å². The number of oxazole rings is 1. The second-order valence-electron chi connectivity index (χ2n) is 8.63. The number of aromatic carboxylic acids is 1. The van der Waals surface area contributed by atoms with Gasteiger partial charge in [0.1, 0.15) is 5.52 Å². The zero-order valence-electron chi connectivity index (χ0n) is 19.1. The van der Waals surface area contributed by atoms with Crippen LogP contribution in [0.5, 0.6) is 0 Å². The number of fused-ring (bicyclic) bond motifs is 2. The van der Waals surface area contributed by atoms with Crippen molar-refractivity contribution < 1.29 is 23.9 Å². The van der Waals surface area contributed by atoms with Gasteiger partial charge in [-0.05, 0) is 66.6 Å². The Morgan fingerprint density at radius 1 is 0.806 bits per heavy atom. The van der Waals surface area contributed by atoms with Crippen molar-refractivity contribution in [2.75, 3.05) is 4.90 Å². The van der Waals surface area contributed by atoms with E-state index in [-0.39, 0.29) is 16.7 Å². The number of benzene rings is 4. The number of amides is 2. The first-order valence-electron chi connectivity index (χ1n) is 11.2. The Labute approximate surface area is 205 Å². The van der Waals surface area contributed by atoms with Crippen LogP contribution in [0, 0.1) is 6.92 Å². The molecule has 2 heterocycles. The molecule has 0 saturated heterocycles. The Hall–Kier alpha value is -5.04. The molecule has 0 unspecified atom stereocenters. The Morgan fingerprint density at radius 3 is 2.36 bits per heavy atom. The van der Waals surface area contributed by atoms with E-state index in [2.05, 4.69) is 11.1 Å². The van der Waals surface area contributed by atoms with E-state index in [4.69, 9.17) is 4.42 Å². The number of nitrogens with zero attached hydrogens (tertiary/aromatic N) is 2. The number of rotatable bonds is 4. The molecule has 0 spiro atoms. The summed E-state index contributed by atoms with van der Waals surface area (Å²) >= 11 is 0. The van der Waals surface area contributed by atoms with Crippen molar-refractivity contribution in [3.05, 3.63) is 107 Å². The molecule has 0 saturated carbocycles. The van der Waals surface area contributed by atoms with Gasteiger partial charge in [-0.3, -0.25) is 9.59 Å². The summed E-state index contributed by atoms with van der Waals surface area (Å²) in [6.07, 6.45) is 0. The molecule has 1 N–H and O–H groups in total. The van der Waals surface area contributed by atoms with Crippen LogP contribution in [0.3, 0.4) is 0 Å². The first-order chi connectivity index (χ1) is 17.4. The third-order valence-electron chi connectivity index (χ3n) is 6.22. The summed E-state index contributed by atoms with van der Waals surface area (Å²) in [5.74, 6) is -1.89. The Morgan fingerprint density at radius 2 is 1.56 bits per heavy atom. The molecule has 1 aliphatic rings. The van der Waals surface area contributed by atoms with Crippen molar-refractivity contribution in [2.45, 2.75) is 6.92 Å². The summed E-state index contributed by atoms with van der Waals surface area (Å²) in [4.78, 5) is 43.0. The standard InChI is InChI=1S/C29H18N2O5/c1-16-4-2-5-17(12-16)18-9-11-25-24(15-18)30-26(36-25)19-6-3-7-21(13-19)31-27(32)22-10-8-20(29(34)35)14-23(22)28(31)33/h2-15H,1H3,(H,34,35). The fourth-order valence-electron chi connectivity index (χ4n) is 4.44. The van der Waals surface area contributed by atoms with Crippen molar-refractivity contribution in [1.82, 2.24) is 4.98 Å². The molecular formula is C29H18N2O5. The maximum atomic E-state index is 13.0. The van der Waals surface area contributed by atoms with Gasteiger partial charge in [0.25, 0.3) is 11.8 Å². The van der Waals surface area contributed by atoms with Crippen LogP contribution in [0.15, 0.2) is 89.3 Å². The number of carbonyl (C=O) groups excluding carboxylic acids is 2. The van der Waals surface area contributed by atoms with Gasteiger partial charge in [0.15, 0.2) is 5.58 Å². The zero-order chi connectivity index (χ0) is 25.0. The smallest absolute Gasteiger partial charge is 0.335 e. The molecule has 1 aromatic heterocycles. The average molecular weight is 474 g/mol. The number of hydrogen-bond donors (Lipinski definition) is 1. The highest BCUT2D eigenvalue weighted by Crippen LogP contribution is 2.33. The van der Waals surface area contributed by atoms with Gasteiger partial charge in [0, 0.05) is 5.56 Å². The lowest BCUT2D eigenvalue weighted by Crippen LogP contribution is -2.29. The summed E-state index contributed by atoms with van der Waals surface area (Å²) in [5.41, 5.74) is 5.70. The number of anilines is 1. The monoisotopic (exact) mass is 474 g/mol. The van der Waals surface area contributed by atoms with Crippen LogP contribution in [0.25, 0.3) is 33.7 Å². The van der Waals surface area contributed by atoms with E-state index in [1.165, 1.54) is 18.2 Å². The van der Waals surface area contributed by atoms with E-state index in [9.17, 15) is 19.5 Å². The topological polar surface area (TPSA) is 101 Å². The number of carboxylic acids is 1. The Balaban J connectivity index is 1.36. The van der Waals surface area contributed by atoms with Crippen LogP contribution >= 0.6 is 0 Å². The maximum absolute atomic E-state index is 13.0. The van der Waals surface area contributed by atoms with E-state index in [0.29, 0.717) is 28.2 Å². The van der Waals surface area contributed by atoms with Gasteiger partial charge in [-0.1, -0.05) is 42.0 Å². The highest BCUT2D eigenvalue weighted by molar-refractivity contribution is 6.34. The fourth-order valence-corrected chi connectivity index (χ4v) is 4.44. The third-order valence-corrected chi connectivity index (χ3v) is 6.22. The number of imide groups is 1. The van der Waals surface area contributed by atoms with Gasteiger partial charge in [-0.25, -0.2) is 14.7 Å². The quantitative estimate of drug-likeness (QED) is 0.322. The average Bonchev–Trinajstić information content (AvgIpc) is 3.42. The first kappa shape index (κ1) is 21.5. The minimum absolute atomic E-state index is 0.0537. The van der Waals surface area contributed by atoms with E-state index in [1.807, 2.05) is 43.3 Å². The molecule has 5 aromatic rings. The molecule has 0 aliphatic carbocycles. The molecule has 0 atom stereocenters. The summed E-state index contributed by atoms with van der Waals surface area (Å²) in [7, 11) is 0. The normalized spacial score (nSPS) is 12.9. The molecule has 174 valence electrons. The highest BCUT2D eigenvalue weighted by Gasteiger charge is 2.37. The molecule has 0 bridgehead atoms. The van der Waals surface area contributed by atoms with Crippen LogP contribution in [-0.2, 0) is 0 Å². The lowest BCUT2D eigenvalue weighted by molar-refractivity contribution is 0.0696. The minimum Gasteiger partial charge on any atom is -0.478 e. The van der Waals surface area contributed by atoms with Crippen molar-refractivity contribution in [3.8, 4) is 22.6 Å². The van der Waals surface area contributed by atoms with Crippen LogP contribution in [-0.4, -0.2) is 27.9 Å². The molecule has 0 fully saturated rings. The van der Waals surface area contributed by atoms with E-state index in [0.717, 1.165) is 21.6 Å². The van der Waals surface area contributed by atoms with Crippen molar-refractivity contribution >= 4 is 34.6 Å². The molecular weight excluding hydrogens is 456 g/mol. The summed E-state index contributed by atoms with van der Waals surface area (Å²) in [5, 5.41) is 9.24. The lowest BCUT2D eigenvalue weighted by atomic mass is 10.0. The Bertz CT molecular complexity index is 1730. The molecule has 0 radical (unpaired) electrons. The van der Waals surface area contributed by atoms with Crippen LogP contribution in [0.2, 0.25) is 0 Å². The zero-order valence-corrected chi connectivity index (χ0v) is 19.1. The number of carboxylic acid groups (broad SMARTS) is 1. The largest absolute Gasteiger partial charge is 0.478 e. The summed E-state index contributed by atoms with van der Waals surface area (Å²) < 4.78 is 5.98. The highest BCUT2D eigenvalue weighted by atomic mass is 16.4. The van der Waals surface area contributed by atoms with Crippen LogP contribution in [0.1, 0.15) is 36.6 Å². The predicted octanol–water partition coefficient (Wildman–Crippen LogP) is 5.97. The molecule has 7 nitrogen and oxygen atoms in total. The van der Waals surface area contributed by atoms with E-state index >= 15 is 0 Å². The molecule has 4 aromatic carbocycles. The molecule has 1 aliphatic heterocycles. The number of hydrogen-bond acceptors (Lipinski definition) is 5. The van der Waals surface area contributed by atoms with Gasteiger partial charge < -0.3 is 9.52 Å². The lowest BCUT2D eigenvalue weighted by Gasteiger charge is -2.14. The molecule has 6 rings (SSSR count). The first-order valence-corrected chi connectivity index (χ1v) is 11.2. The maximum Gasteiger partial charge on any atom is 0.335 e. The Kier molecular flexibility index (Phi) is 4.79. The van der Waals surface area contributed by atoms with Crippen molar-refractivity contribution in [3.63, 3.8) is 0 Å². The number of carbonyl (C=O) groups is 3. The van der Waals surface area contributed by atoms with Crippen molar-refractivity contribution in [1.29, 1.82) is 0 Å². The molecule has 36 heavy (non-hydrogen) atoms. The number of aromatic nitrogens is 1. The van der Waals surface area contributed by atoms with Gasteiger partial charge in [0.2, 0.25) is 5.89 Å². The summed E-state index contributed by atoms with van der Waals surface area (Å²) in [6, 6.07) is 24.7. The van der Waals surface area contributed by atoms with Crippen LogP contribution < -0.4 is 4.90 Å². The minimum atomic E-state index is -1.17. The second kappa shape index (κ2) is 8.02. The SMILES string of the molecule is Cc1cccc(-c2ccc3oc(-c4cccc(N5C(=O)c6ccc(C(=O)O)cc6C5=O)c4)nc3c2)c1. The predicted molar refractivity (Wildman–Crippen MR) is 134 cm³/mol. The van der Waals surface area contributed by atoms with Crippen LogP contribution in [0.4, 0.5) is 5.69 Å². The third kappa shape index (κ3) is 3.45. The van der Waals surface area contributed by atoms with Gasteiger partial charge in [0.05, 0.1) is 22.4 Å². The van der Waals surface area contributed by atoms with Gasteiger partial charge in [-0.15, -0.1) is 0 Å². The molecule has 2 amide bonds. The second-order valence-corrected chi connectivity index (χ2v) is 8.63. The van der Waals surface area contributed by atoms with Crippen molar-refractivity contribution in [2.24, 2.45) is 0 Å². The summed E-state index contributed by atoms with van der Waals surface area (Å²) in [6.45, 7) is 2.04.